The first-order valence-electron chi connectivity index (χ1n) is 13.5. The summed E-state index contributed by atoms with van der Waals surface area (Å²) >= 11 is 0. The molecule has 0 aliphatic carbocycles. The van der Waals surface area contributed by atoms with Gasteiger partial charge in [0.25, 0.3) is 11.7 Å². The Hall–Kier alpha value is -3.29. The average Bonchev–Trinajstić information content (AvgIpc) is 3.19. The van der Waals surface area contributed by atoms with Gasteiger partial charge in [-0.05, 0) is 17.2 Å². The maximum absolute atomic E-state index is 13.9. The molecule has 196 valence electrons. The van der Waals surface area contributed by atoms with Gasteiger partial charge < -0.3 is 9.47 Å². The third kappa shape index (κ3) is 4.69. The molecule has 0 radical (unpaired) electrons. The molecule has 0 unspecified atom stereocenters. The van der Waals surface area contributed by atoms with E-state index in [1.165, 1.54) is 5.56 Å². The Balaban J connectivity index is 1.10. The maximum atomic E-state index is 13.9. The minimum absolute atomic E-state index is 0.123. The topological polar surface area (TPSA) is 45.3 Å². The summed E-state index contributed by atoms with van der Waals surface area (Å²) in [5.41, 5.74) is 3.77. The van der Waals surface area contributed by atoms with Gasteiger partial charge in [0.2, 0.25) is 0 Å². The Labute approximate surface area is 225 Å². The number of para-hydroxylation sites is 1. The van der Waals surface area contributed by atoms with Crippen LogP contribution in [0.5, 0.6) is 0 Å². The number of hydrogen-bond acceptors (Lipinski definition) is 5. The van der Waals surface area contributed by atoms with Gasteiger partial charge in [0, 0.05) is 43.7 Å². The van der Waals surface area contributed by atoms with Crippen molar-refractivity contribution >= 4 is 17.7 Å². The Morgan fingerprint density at radius 2 is 1.39 bits per heavy atom. The lowest BCUT2D eigenvalue weighted by molar-refractivity contribution is -0.276. The minimum Gasteiger partial charge on any atom is -0.337 e. The maximum Gasteiger partial charge on any atom is 0.293 e. The van der Waals surface area contributed by atoms with E-state index in [-0.39, 0.29) is 11.3 Å². The van der Waals surface area contributed by atoms with Gasteiger partial charge in [-0.1, -0.05) is 97.9 Å². The van der Waals surface area contributed by atoms with E-state index in [0.717, 1.165) is 49.5 Å². The lowest BCUT2D eigenvalue weighted by Crippen LogP contribution is -2.56. The lowest BCUT2D eigenvalue weighted by atomic mass is 9.83. The van der Waals surface area contributed by atoms with Crippen molar-refractivity contribution in [1.29, 1.82) is 0 Å². The van der Waals surface area contributed by atoms with Crippen LogP contribution in [0.4, 0.5) is 5.69 Å². The number of benzene rings is 3. The molecule has 6 heteroatoms. The van der Waals surface area contributed by atoms with Crippen LogP contribution >= 0.6 is 0 Å². The first-order chi connectivity index (χ1) is 18.6. The van der Waals surface area contributed by atoms with E-state index in [2.05, 4.69) is 65.3 Å². The third-order valence-electron chi connectivity index (χ3n) is 8.01. The summed E-state index contributed by atoms with van der Waals surface area (Å²) in [6.45, 7) is 8.19. The summed E-state index contributed by atoms with van der Waals surface area (Å²) in [4.78, 5) is 20.6. The van der Waals surface area contributed by atoms with Gasteiger partial charge in [0.05, 0.1) is 25.6 Å². The van der Waals surface area contributed by atoms with Gasteiger partial charge in [-0.25, -0.2) is 0 Å². The molecule has 0 bridgehead atoms. The van der Waals surface area contributed by atoms with Crippen molar-refractivity contribution < 1.29 is 14.3 Å². The summed E-state index contributed by atoms with van der Waals surface area (Å²) < 4.78 is 12.8. The molecule has 1 amide bonds. The normalized spacial score (nSPS) is 26.3. The van der Waals surface area contributed by atoms with E-state index < -0.39 is 5.79 Å². The average molecular weight is 510 g/mol. The zero-order valence-corrected chi connectivity index (χ0v) is 22.0. The molecule has 2 saturated heterocycles. The molecule has 0 saturated carbocycles. The third-order valence-corrected chi connectivity index (χ3v) is 8.01. The standard InChI is InChI=1S/C32H35N3O3/c1-31(27-14-6-3-7-15-27)23-37-32(38-24-31)28-16-8-9-17-29(28)35(30(32)36)25-34-21-19-33(20-22-34)18-10-13-26-11-4-2-5-12-26/h2-17H,18-25H2,1H3. The number of carbonyl (C=O) groups is 1. The van der Waals surface area contributed by atoms with Gasteiger partial charge in [-0.15, -0.1) is 0 Å². The van der Waals surface area contributed by atoms with Crippen LogP contribution in [0.1, 0.15) is 23.6 Å². The molecule has 1 spiro atoms. The van der Waals surface area contributed by atoms with Crippen LogP contribution in [0.25, 0.3) is 6.08 Å². The van der Waals surface area contributed by atoms with Crippen molar-refractivity contribution in [3.05, 3.63) is 108 Å². The Morgan fingerprint density at radius 3 is 2.11 bits per heavy atom. The Bertz CT molecular complexity index is 1280. The van der Waals surface area contributed by atoms with Crippen LogP contribution in [0.2, 0.25) is 0 Å². The molecule has 3 heterocycles. The molecule has 6 nitrogen and oxygen atoms in total. The van der Waals surface area contributed by atoms with E-state index in [1.54, 1.807) is 0 Å². The highest BCUT2D eigenvalue weighted by Crippen LogP contribution is 2.47. The second-order valence-electron chi connectivity index (χ2n) is 10.7. The van der Waals surface area contributed by atoms with Crippen molar-refractivity contribution in [2.45, 2.75) is 18.1 Å². The fourth-order valence-electron chi connectivity index (χ4n) is 5.64. The smallest absolute Gasteiger partial charge is 0.293 e. The number of fused-ring (bicyclic) bond motifs is 2. The number of amides is 1. The molecule has 0 N–H and O–H groups in total. The zero-order chi connectivity index (χ0) is 26.0. The van der Waals surface area contributed by atoms with Gasteiger partial charge >= 0.3 is 0 Å². The molecule has 6 rings (SSSR count). The van der Waals surface area contributed by atoms with Crippen molar-refractivity contribution in [2.75, 3.05) is 57.5 Å². The summed E-state index contributed by atoms with van der Waals surface area (Å²) in [6, 6.07) is 28.6. The summed E-state index contributed by atoms with van der Waals surface area (Å²) in [5.74, 6) is -1.49. The van der Waals surface area contributed by atoms with Crippen molar-refractivity contribution in [2.24, 2.45) is 0 Å². The van der Waals surface area contributed by atoms with Gasteiger partial charge in [0.15, 0.2) is 0 Å². The predicted molar refractivity (Wildman–Crippen MR) is 150 cm³/mol. The quantitative estimate of drug-likeness (QED) is 0.490. The summed E-state index contributed by atoms with van der Waals surface area (Å²) in [7, 11) is 0. The SMILES string of the molecule is CC1(c2ccccc2)COC2(OC1)C(=O)N(CN1CCN(CC=Cc3ccccc3)CC1)c1ccccc12. The molecule has 0 aromatic heterocycles. The van der Waals surface area contributed by atoms with Gasteiger partial charge in [0.1, 0.15) is 0 Å². The van der Waals surface area contributed by atoms with Crippen LogP contribution in [0, 0.1) is 0 Å². The monoisotopic (exact) mass is 509 g/mol. The highest BCUT2D eigenvalue weighted by Gasteiger charge is 2.57. The van der Waals surface area contributed by atoms with Gasteiger partial charge in [-0.3, -0.25) is 19.5 Å². The molecule has 0 atom stereocenters. The molecular weight excluding hydrogens is 474 g/mol. The number of nitrogens with zero attached hydrogens (tertiary/aromatic N) is 3. The van der Waals surface area contributed by atoms with Crippen LogP contribution in [0.15, 0.2) is 91.0 Å². The molecular formula is C32H35N3O3. The highest BCUT2D eigenvalue weighted by molar-refractivity contribution is 6.06. The van der Waals surface area contributed by atoms with E-state index in [4.69, 9.17) is 9.47 Å². The molecule has 3 aliphatic rings. The van der Waals surface area contributed by atoms with Crippen molar-refractivity contribution in [3.63, 3.8) is 0 Å². The molecule has 3 aromatic rings. The van der Waals surface area contributed by atoms with E-state index in [1.807, 2.05) is 53.4 Å². The Morgan fingerprint density at radius 1 is 0.789 bits per heavy atom. The fraction of sp³-hybridized carbons (Fsp3) is 0.344. The number of piperazine rings is 1. The van der Waals surface area contributed by atoms with E-state index >= 15 is 0 Å². The van der Waals surface area contributed by atoms with Crippen LogP contribution in [-0.4, -0.2) is 68.3 Å². The minimum atomic E-state index is -1.37. The second kappa shape index (κ2) is 10.5. The number of ether oxygens (including phenoxy) is 2. The first-order valence-corrected chi connectivity index (χ1v) is 13.5. The predicted octanol–water partition coefficient (Wildman–Crippen LogP) is 4.48. The van der Waals surface area contributed by atoms with Crippen molar-refractivity contribution in [1.82, 2.24) is 9.80 Å². The number of rotatable bonds is 6. The van der Waals surface area contributed by atoms with Crippen LogP contribution in [0.3, 0.4) is 0 Å². The van der Waals surface area contributed by atoms with E-state index in [9.17, 15) is 4.79 Å². The first kappa shape index (κ1) is 25.0. The zero-order valence-electron chi connectivity index (χ0n) is 22.0. The summed E-state index contributed by atoms with van der Waals surface area (Å²) in [5, 5.41) is 0. The Kier molecular flexibility index (Phi) is 6.89. The van der Waals surface area contributed by atoms with Crippen molar-refractivity contribution in [3.8, 4) is 0 Å². The summed E-state index contributed by atoms with van der Waals surface area (Å²) in [6.07, 6.45) is 4.41. The van der Waals surface area contributed by atoms with Crippen LogP contribution in [-0.2, 0) is 25.5 Å². The molecule has 38 heavy (non-hydrogen) atoms. The molecule has 2 fully saturated rings. The molecule has 3 aliphatic heterocycles. The fourth-order valence-corrected chi connectivity index (χ4v) is 5.64. The van der Waals surface area contributed by atoms with Crippen LogP contribution < -0.4 is 4.90 Å². The van der Waals surface area contributed by atoms with Gasteiger partial charge in [-0.2, -0.15) is 0 Å². The number of carbonyl (C=O) groups excluding carboxylic acids is 1. The number of anilines is 1. The number of hydrogen-bond donors (Lipinski definition) is 0. The second-order valence-corrected chi connectivity index (χ2v) is 10.7. The largest absolute Gasteiger partial charge is 0.337 e. The highest BCUT2D eigenvalue weighted by atomic mass is 16.7. The molecule has 3 aromatic carbocycles. The lowest BCUT2D eigenvalue weighted by Gasteiger charge is -2.42. The van der Waals surface area contributed by atoms with E-state index in [0.29, 0.717) is 19.9 Å².